The molecule has 0 spiro atoms. The van der Waals surface area contributed by atoms with Crippen molar-refractivity contribution in [1.82, 2.24) is 25.2 Å². The SMILES string of the molecule is Cc1ccccc1C(C(=O)NC1CCCCC1)N(Cc1ccco1)C(=O)Cn1nnc2ccccc21. The zero-order valence-electron chi connectivity index (χ0n) is 20.5. The van der Waals surface area contributed by atoms with Crippen LogP contribution in [0.5, 0.6) is 0 Å². The third-order valence-electron chi connectivity index (χ3n) is 6.93. The van der Waals surface area contributed by atoms with Crippen molar-refractivity contribution in [2.45, 2.75) is 64.2 Å². The highest BCUT2D eigenvalue weighted by molar-refractivity contribution is 5.89. The summed E-state index contributed by atoms with van der Waals surface area (Å²) in [6.07, 6.45) is 6.91. The first kappa shape index (κ1) is 23.8. The molecule has 2 aromatic heterocycles. The first-order chi connectivity index (χ1) is 17.6. The number of aryl methyl sites for hydroxylation is 1. The normalized spacial score (nSPS) is 15.0. The topological polar surface area (TPSA) is 93.3 Å². The van der Waals surface area contributed by atoms with Crippen LogP contribution in [0.1, 0.15) is 55.0 Å². The average molecular weight is 486 g/mol. The van der Waals surface area contributed by atoms with Gasteiger partial charge in [-0.1, -0.05) is 60.9 Å². The molecule has 2 heterocycles. The van der Waals surface area contributed by atoms with E-state index < -0.39 is 6.04 Å². The van der Waals surface area contributed by atoms with Crippen LogP contribution in [0, 0.1) is 6.92 Å². The fourth-order valence-corrected chi connectivity index (χ4v) is 5.02. The molecule has 1 aliphatic rings. The van der Waals surface area contributed by atoms with Gasteiger partial charge in [0.2, 0.25) is 11.8 Å². The fourth-order valence-electron chi connectivity index (χ4n) is 5.02. The van der Waals surface area contributed by atoms with Crippen molar-refractivity contribution in [1.29, 1.82) is 0 Å². The van der Waals surface area contributed by atoms with Crippen molar-refractivity contribution in [2.75, 3.05) is 0 Å². The van der Waals surface area contributed by atoms with Crippen LogP contribution in [0.25, 0.3) is 11.0 Å². The largest absolute Gasteiger partial charge is 0.467 e. The number of amides is 2. The predicted octanol–water partition coefficient (Wildman–Crippen LogP) is 4.55. The number of fused-ring (bicyclic) bond motifs is 1. The molecule has 1 atom stereocenters. The van der Waals surface area contributed by atoms with Crippen LogP contribution in [0.4, 0.5) is 0 Å². The van der Waals surface area contributed by atoms with Gasteiger partial charge >= 0.3 is 0 Å². The van der Waals surface area contributed by atoms with Crippen LogP contribution in [-0.4, -0.2) is 37.7 Å². The number of hydrogen-bond donors (Lipinski definition) is 1. The predicted molar refractivity (Wildman–Crippen MR) is 136 cm³/mol. The summed E-state index contributed by atoms with van der Waals surface area (Å²) in [5.41, 5.74) is 3.23. The van der Waals surface area contributed by atoms with Crippen molar-refractivity contribution in [3.63, 3.8) is 0 Å². The molecule has 0 radical (unpaired) electrons. The van der Waals surface area contributed by atoms with Crippen LogP contribution >= 0.6 is 0 Å². The summed E-state index contributed by atoms with van der Waals surface area (Å²) in [6, 6.07) is 18.2. The lowest BCUT2D eigenvalue weighted by molar-refractivity contribution is -0.142. The highest BCUT2D eigenvalue weighted by Gasteiger charge is 2.34. The van der Waals surface area contributed by atoms with Crippen molar-refractivity contribution in [2.24, 2.45) is 0 Å². The summed E-state index contributed by atoms with van der Waals surface area (Å²) >= 11 is 0. The van der Waals surface area contributed by atoms with E-state index in [1.807, 2.05) is 61.5 Å². The first-order valence-corrected chi connectivity index (χ1v) is 12.6. The van der Waals surface area contributed by atoms with Gasteiger partial charge in [-0.25, -0.2) is 4.68 Å². The number of benzene rings is 2. The lowest BCUT2D eigenvalue weighted by atomic mass is 9.94. The molecule has 36 heavy (non-hydrogen) atoms. The van der Waals surface area contributed by atoms with Crippen molar-refractivity contribution in [3.05, 3.63) is 83.8 Å². The van der Waals surface area contributed by atoms with Gasteiger partial charge in [-0.15, -0.1) is 5.10 Å². The second-order valence-electron chi connectivity index (χ2n) is 9.44. The van der Waals surface area contributed by atoms with E-state index in [1.165, 1.54) is 6.42 Å². The standard InChI is InChI=1S/C28H31N5O3/c1-20-10-5-6-14-23(20)27(28(35)29-21-11-3-2-4-12-21)32(18-22-13-9-17-36-22)26(34)19-33-25-16-8-7-15-24(25)30-31-33/h5-10,13-17,21,27H,2-4,11-12,18-19H2,1H3,(H,29,35). The van der Waals surface area contributed by atoms with E-state index in [0.29, 0.717) is 11.3 Å². The smallest absolute Gasteiger partial charge is 0.247 e. The number of aromatic nitrogens is 3. The number of hydrogen-bond acceptors (Lipinski definition) is 5. The molecule has 1 unspecified atom stereocenters. The van der Waals surface area contributed by atoms with Gasteiger partial charge in [-0.2, -0.15) is 0 Å². The Labute approximate surface area is 210 Å². The zero-order chi connectivity index (χ0) is 24.9. The van der Waals surface area contributed by atoms with Gasteiger partial charge < -0.3 is 14.6 Å². The van der Waals surface area contributed by atoms with Gasteiger partial charge in [-0.3, -0.25) is 9.59 Å². The molecule has 0 bridgehead atoms. The Kier molecular flexibility index (Phi) is 7.11. The molecule has 5 rings (SSSR count). The zero-order valence-corrected chi connectivity index (χ0v) is 20.5. The minimum absolute atomic E-state index is 0.0414. The van der Waals surface area contributed by atoms with Crippen molar-refractivity contribution in [3.8, 4) is 0 Å². The second-order valence-corrected chi connectivity index (χ2v) is 9.44. The first-order valence-electron chi connectivity index (χ1n) is 12.6. The monoisotopic (exact) mass is 485 g/mol. The Morgan fingerprint density at radius 2 is 1.83 bits per heavy atom. The molecular formula is C28H31N5O3. The Balaban J connectivity index is 1.51. The van der Waals surface area contributed by atoms with Crippen LogP contribution in [-0.2, 0) is 22.7 Å². The van der Waals surface area contributed by atoms with Gasteiger partial charge in [0.1, 0.15) is 23.9 Å². The lowest BCUT2D eigenvalue weighted by Gasteiger charge is -2.33. The Morgan fingerprint density at radius 3 is 2.61 bits per heavy atom. The molecule has 0 saturated heterocycles. The quantitative estimate of drug-likeness (QED) is 0.395. The second kappa shape index (κ2) is 10.8. The molecule has 1 saturated carbocycles. The summed E-state index contributed by atoms with van der Waals surface area (Å²) in [6.45, 7) is 2.09. The third kappa shape index (κ3) is 5.17. The molecule has 2 aromatic carbocycles. The van der Waals surface area contributed by atoms with E-state index in [0.717, 1.165) is 42.3 Å². The maximum Gasteiger partial charge on any atom is 0.247 e. The van der Waals surface area contributed by atoms with Crippen LogP contribution in [0.15, 0.2) is 71.3 Å². The van der Waals surface area contributed by atoms with Crippen LogP contribution < -0.4 is 5.32 Å². The minimum Gasteiger partial charge on any atom is -0.467 e. The summed E-state index contributed by atoms with van der Waals surface area (Å²) < 4.78 is 7.19. The van der Waals surface area contributed by atoms with E-state index in [2.05, 4.69) is 15.6 Å². The highest BCUT2D eigenvalue weighted by Crippen LogP contribution is 2.28. The van der Waals surface area contributed by atoms with Gasteiger partial charge in [0.15, 0.2) is 0 Å². The molecule has 1 N–H and O–H groups in total. The number of furan rings is 1. The number of carbonyl (C=O) groups is 2. The van der Waals surface area contributed by atoms with E-state index in [1.54, 1.807) is 21.9 Å². The molecule has 8 heteroatoms. The summed E-state index contributed by atoms with van der Waals surface area (Å²) in [7, 11) is 0. The molecular weight excluding hydrogens is 454 g/mol. The molecule has 8 nitrogen and oxygen atoms in total. The van der Waals surface area contributed by atoms with E-state index in [-0.39, 0.29) is 30.9 Å². The van der Waals surface area contributed by atoms with Crippen LogP contribution in [0.2, 0.25) is 0 Å². The number of carbonyl (C=O) groups excluding carboxylic acids is 2. The van der Waals surface area contributed by atoms with E-state index >= 15 is 0 Å². The van der Waals surface area contributed by atoms with Gasteiger partial charge in [-0.05, 0) is 55.2 Å². The summed E-state index contributed by atoms with van der Waals surface area (Å²) in [4.78, 5) is 29.4. The Hall–Kier alpha value is -3.94. The third-order valence-corrected chi connectivity index (χ3v) is 6.93. The molecule has 2 amide bonds. The van der Waals surface area contributed by atoms with Gasteiger partial charge in [0.05, 0.1) is 18.3 Å². The highest BCUT2D eigenvalue weighted by atomic mass is 16.3. The van der Waals surface area contributed by atoms with E-state index in [9.17, 15) is 9.59 Å². The summed E-state index contributed by atoms with van der Waals surface area (Å²) in [5.74, 6) is 0.199. The Bertz CT molecular complexity index is 1320. The van der Waals surface area contributed by atoms with Crippen molar-refractivity contribution >= 4 is 22.8 Å². The molecule has 4 aromatic rings. The molecule has 0 aliphatic heterocycles. The minimum atomic E-state index is -0.805. The van der Waals surface area contributed by atoms with Gasteiger partial charge in [0.25, 0.3) is 0 Å². The lowest BCUT2D eigenvalue weighted by Crippen LogP contribution is -2.47. The van der Waals surface area contributed by atoms with Gasteiger partial charge in [0, 0.05) is 6.04 Å². The molecule has 1 fully saturated rings. The number of nitrogens with one attached hydrogen (secondary N) is 1. The number of para-hydroxylation sites is 1. The van der Waals surface area contributed by atoms with E-state index in [4.69, 9.17) is 4.42 Å². The average Bonchev–Trinajstić information content (AvgIpc) is 3.55. The number of nitrogens with zero attached hydrogens (tertiary/aromatic N) is 4. The van der Waals surface area contributed by atoms with Crippen LogP contribution in [0.3, 0.4) is 0 Å². The molecule has 1 aliphatic carbocycles. The molecule has 186 valence electrons. The summed E-state index contributed by atoms with van der Waals surface area (Å²) in [5, 5.41) is 11.6. The maximum atomic E-state index is 13.9. The Morgan fingerprint density at radius 1 is 1.06 bits per heavy atom. The fraction of sp³-hybridized carbons (Fsp3) is 0.357. The van der Waals surface area contributed by atoms with Crippen molar-refractivity contribution < 1.29 is 14.0 Å². The maximum absolute atomic E-state index is 13.9. The number of rotatable bonds is 8.